The molecule has 0 saturated carbocycles. The van der Waals surface area contributed by atoms with E-state index in [9.17, 15) is 18.0 Å². The van der Waals surface area contributed by atoms with E-state index in [1.165, 1.54) is 38.0 Å². The van der Waals surface area contributed by atoms with Crippen LogP contribution in [0.15, 0.2) is 54.6 Å². The average Bonchev–Trinajstić information content (AvgIpc) is 3.33. The molecule has 1 aromatic heterocycles. The van der Waals surface area contributed by atoms with Gasteiger partial charge in [-0.3, -0.25) is 4.79 Å². The van der Waals surface area contributed by atoms with Gasteiger partial charge in [-0.2, -0.15) is 13.2 Å². The first-order chi connectivity index (χ1) is 24.9. The van der Waals surface area contributed by atoms with Crippen LogP contribution < -0.4 is 19.1 Å². The quantitative estimate of drug-likeness (QED) is 0.125. The molecule has 10 nitrogen and oxygen atoms in total. The number of likely N-dealkylation sites (N-methyl/N-ethyl adjacent to an activating group) is 1. The molecule has 0 spiro atoms. The minimum atomic E-state index is -4.37. The zero-order valence-corrected chi connectivity index (χ0v) is 31.0. The van der Waals surface area contributed by atoms with Crippen molar-refractivity contribution in [1.29, 1.82) is 0 Å². The van der Waals surface area contributed by atoms with E-state index in [2.05, 4.69) is 41.8 Å². The van der Waals surface area contributed by atoms with Crippen LogP contribution in [0.1, 0.15) is 45.8 Å². The molecule has 282 valence electrons. The highest BCUT2D eigenvalue weighted by Gasteiger charge is 2.28. The van der Waals surface area contributed by atoms with Gasteiger partial charge in [-0.15, -0.1) is 0 Å². The minimum absolute atomic E-state index is 0.0663. The molecule has 1 aliphatic heterocycles. The number of halogens is 3. The summed E-state index contributed by atoms with van der Waals surface area (Å²) in [7, 11) is 6.41. The monoisotopic (exact) mass is 725 g/mol. The van der Waals surface area contributed by atoms with Crippen LogP contribution in [0.2, 0.25) is 0 Å². The number of nitrogens with zero attached hydrogens (tertiary/aromatic N) is 5. The predicted octanol–water partition coefficient (Wildman–Crippen LogP) is 6.72. The molecule has 0 radical (unpaired) electrons. The van der Waals surface area contributed by atoms with Crippen LogP contribution in [0.4, 0.5) is 19.1 Å². The summed E-state index contributed by atoms with van der Waals surface area (Å²) < 4.78 is 61.6. The number of hydrogen-bond donors (Lipinski definition) is 0. The molecule has 1 saturated heterocycles. The van der Waals surface area contributed by atoms with Gasteiger partial charge in [0.2, 0.25) is 11.7 Å². The van der Waals surface area contributed by atoms with E-state index >= 15 is 0 Å². The molecule has 13 heteroatoms. The molecule has 1 atom stereocenters. The Morgan fingerprint density at radius 1 is 0.904 bits per heavy atom. The van der Waals surface area contributed by atoms with Gasteiger partial charge in [0.15, 0.2) is 11.5 Å². The third-order valence-corrected chi connectivity index (χ3v) is 9.78. The Balaban J connectivity index is 1.28. The third-order valence-electron chi connectivity index (χ3n) is 9.78. The van der Waals surface area contributed by atoms with E-state index in [0.29, 0.717) is 29.4 Å². The van der Waals surface area contributed by atoms with Crippen LogP contribution in [-0.4, -0.2) is 112 Å². The number of methoxy groups -OCH3 is 3. The summed E-state index contributed by atoms with van der Waals surface area (Å²) in [5.41, 5.74) is 5.73. The van der Waals surface area contributed by atoms with Crippen LogP contribution in [0.3, 0.4) is 0 Å². The largest absolute Gasteiger partial charge is 0.493 e. The molecule has 1 unspecified atom stereocenters. The standard InChI is InChI=1S/C39H50F3N5O5/c1-27-12-13-29(22-28(27)2)30(25-44(3)37(48)31-23-34(49-4)36(51-6)35(24-31)50-5)14-17-45-15-9-16-46(19-18-45)38-43-32-10-7-8-11-33(32)47(38)20-21-52-26-39(40,41)42/h7-8,10-13,22-24,30H,9,14-21,25-26H2,1-6H3. The second-order valence-corrected chi connectivity index (χ2v) is 13.3. The first kappa shape index (κ1) is 38.7. The number of alkyl halides is 3. The number of benzene rings is 3. The molecular weight excluding hydrogens is 675 g/mol. The van der Waals surface area contributed by atoms with E-state index in [4.69, 9.17) is 23.9 Å². The number of hydrogen-bond acceptors (Lipinski definition) is 8. The maximum Gasteiger partial charge on any atom is 0.411 e. The normalized spacial score (nSPS) is 14.7. The smallest absolute Gasteiger partial charge is 0.411 e. The number of rotatable bonds is 15. The van der Waals surface area contributed by atoms with Crippen molar-refractivity contribution < 1.29 is 36.9 Å². The van der Waals surface area contributed by atoms with E-state index in [0.717, 1.165) is 62.5 Å². The summed E-state index contributed by atoms with van der Waals surface area (Å²) in [6.07, 6.45) is -2.62. The SMILES string of the molecule is COc1cc(C(=O)N(C)CC(CCN2CCCN(c3nc4ccccc4n3CCOCC(F)(F)F)CC2)c2ccc(C)c(C)c2)cc(OC)c1OC. The number of anilines is 1. The summed E-state index contributed by atoms with van der Waals surface area (Å²) in [5.74, 6) is 1.95. The lowest BCUT2D eigenvalue weighted by molar-refractivity contribution is -0.174. The lowest BCUT2D eigenvalue weighted by Crippen LogP contribution is -2.35. The number of carbonyl (C=O) groups is 1. The van der Waals surface area contributed by atoms with Crippen molar-refractivity contribution in [3.05, 3.63) is 76.9 Å². The molecule has 4 aromatic rings. The van der Waals surface area contributed by atoms with Gasteiger partial charge in [-0.05, 0) is 80.7 Å². The van der Waals surface area contributed by atoms with Crippen molar-refractivity contribution in [1.82, 2.24) is 19.4 Å². The zero-order chi connectivity index (χ0) is 37.4. The number of aryl methyl sites for hydroxylation is 2. The van der Waals surface area contributed by atoms with E-state index in [1.807, 2.05) is 35.9 Å². The zero-order valence-electron chi connectivity index (χ0n) is 31.0. The fourth-order valence-corrected chi connectivity index (χ4v) is 6.82. The van der Waals surface area contributed by atoms with Gasteiger partial charge in [-0.25, -0.2) is 4.98 Å². The number of imidazole rings is 1. The summed E-state index contributed by atoms with van der Waals surface area (Å²) in [6.45, 7) is 7.68. The number of aromatic nitrogens is 2. The fraction of sp³-hybridized carbons (Fsp3) is 0.487. The Morgan fingerprint density at radius 3 is 2.31 bits per heavy atom. The Morgan fingerprint density at radius 2 is 1.63 bits per heavy atom. The van der Waals surface area contributed by atoms with Gasteiger partial charge in [-0.1, -0.05) is 30.3 Å². The van der Waals surface area contributed by atoms with Crippen molar-refractivity contribution in [2.24, 2.45) is 0 Å². The number of ether oxygens (including phenoxy) is 4. The van der Waals surface area contributed by atoms with Gasteiger partial charge < -0.3 is 38.2 Å². The maximum absolute atomic E-state index is 13.8. The van der Waals surface area contributed by atoms with E-state index < -0.39 is 12.8 Å². The highest BCUT2D eigenvalue weighted by molar-refractivity contribution is 5.95. The van der Waals surface area contributed by atoms with Gasteiger partial charge >= 0.3 is 6.18 Å². The second kappa shape index (κ2) is 17.4. The molecule has 1 fully saturated rings. The summed E-state index contributed by atoms with van der Waals surface area (Å²) in [6, 6.07) is 17.6. The number of para-hydroxylation sites is 2. The van der Waals surface area contributed by atoms with E-state index in [-0.39, 0.29) is 25.0 Å². The van der Waals surface area contributed by atoms with Crippen LogP contribution in [-0.2, 0) is 11.3 Å². The molecule has 5 rings (SSSR count). The summed E-state index contributed by atoms with van der Waals surface area (Å²) in [5, 5.41) is 0. The first-order valence-corrected chi connectivity index (χ1v) is 17.6. The lowest BCUT2D eigenvalue weighted by atomic mass is 9.92. The number of carbonyl (C=O) groups excluding carboxylic acids is 1. The fourth-order valence-electron chi connectivity index (χ4n) is 6.82. The van der Waals surface area contributed by atoms with Gasteiger partial charge in [0, 0.05) is 51.3 Å². The summed E-state index contributed by atoms with van der Waals surface area (Å²) >= 11 is 0. The third kappa shape index (κ3) is 9.48. The molecule has 52 heavy (non-hydrogen) atoms. The van der Waals surface area contributed by atoms with Gasteiger partial charge in [0.25, 0.3) is 5.91 Å². The first-order valence-electron chi connectivity index (χ1n) is 17.6. The van der Waals surface area contributed by atoms with E-state index in [1.54, 1.807) is 17.0 Å². The average molecular weight is 726 g/mol. The highest BCUT2D eigenvalue weighted by atomic mass is 19.4. The van der Waals surface area contributed by atoms with Crippen molar-refractivity contribution >= 4 is 22.9 Å². The Kier molecular flexibility index (Phi) is 12.9. The van der Waals surface area contributed by atoms with Crippen molar-refractivity contribution in [2.45, 2.75) is 45.3 Å². The second-order valence-electron chi connectivity index (χ2n) is 13.3. The van der Waals surface area contributed by atoms with Crippen LogP contribution >= 0.6 is 0 Å². The number of fused-ring (bicyclic) bond motifs is 1. The lowest BCUT2D eigenvalue weighted by Gasteiger charge is -2.28. The molecule has 0 bridgehead atoms. The topological polar surface area (TPSA) is 81.5 Å². The van der Waals surface area contributed by atoms with Crippen LogP contribution in [0.5, 0.6) is 17.2 Å². The minimum Gasteiger partial charge on any atom is -0.493 e. The van der Waals surface area contributed by atoms with Crippen LogP contribution in [0.25, 0.3) is 11.0 Å². The molecule has 0 N–H and O–H groups in total. The molecule has 1 amide bonds. The van der Waals surface area contributed by atoms with Gasteiger partial charge in [0.05, 0.1) is 39.0 Å². The molecule has 0 aliphatic carbocycles. The molecular formula is C39H50F3N5O5. The Labute approximate surface area is 304 Å². The molecule has 3 aromatic carbocycles. The molecule has 1 aliphatic rings. The molecule has 2 heterocycles. The van der Waals surface area contributed by atoms with Crippen molar-refractivity contribution in [3.8, 4) is 17.2 Å². The van der Waals surface area contributed by atoms with Gasteiger partial charge in [0.1, 0.15) is 6.61 Å². The highest BCUT2D eigenvalue weighted by Crippen LogP contribution is 2.38. The summed E-state index contributed by atoms with van der Waals surface area (Å²) in [4.78, 5) is 25.1. The Hall–Kier alpha value is -4.49. The van der Waals surface area contributed by atoms with Crippen molar-refractivity contribution in [2.75, 3.05) is 85.8 Å². The Bertz CT molecular complexity index is 1790. The van der Waals surface area contributed by atoms with Crippen molar-refractivity contribution in [3.63, 3.8) is 0 Å². The van der Waals surface area contributed by atoms with Crippen LogP contribution in [0, 0.1) is 13.8 Å². The predicted molar refractivity (Wildman–Crippen MR) is 196 cm³/mol. The maximum atomic E-state index is 13.8. The number of amides is 1.